The average molecular weight is 395 g/mol. The molecular formula is C13H21N3O7S2. The van der Waals surface area contributed by atoms with Crippen LogP contribution < -0.4 is 16.4 Å². The van der Waals surface area contributed by atoms with Crippen molar-refractivity contribution in [3.63, 3.8) is 0 Å². The van der Waals surface area contributed by atoms with Gasteiger partial charge in [0.05, 0.1) is 18.4 Å². The second kappa shape index (κ2) is 12.6. The third-order valence-electron chi connectivity index (χ3n) is 2.60. The van der Waals surface area contributed by atoms with Crippen molar-refractivity contribution in [1.29, 1.82) is 0 Å². The summed E-state index contributed by atoms with van der Waals surface area (Å²) in [6.07, 6.45) is 0. The minimum Gasteiger partial charge on any atom is -0.480 e. The maximum atomic E-state index is 12.0. The van der Waals surface area contributed by atoms with Gasteiger partial charge in [-0.1, -0.05) is 0 Å². The van der Waals surface area contributed by atoms with E-state index in [-0.39, 0.29) is 23.9 Å². The number of ether oxygens (including phenoxy) is 1. The number of rotatable bonds is 12. The smallest absolute Gasteiger partial charge is 0.375 e. The molecule has 0 fully saturated rings. The number of carboxylic acid groups (broad SMARTS) is 1. The molecule has 0 aromatic rings. The number of carbonyl (C=O) groups excluding carboxylic acids is 4. The van der Waals surface area contributed by atoms with Gasteiger partial charge >= 0.3 is 11.9 Å². The number of carboxylic acids is 1. The van der Waals surface area contributed by atoms with Crippen LogP contribution in [-0.2, 0) is 28.7 Å². The standard InChI is InChI=1S/C13H21N3O7S2/c1-2-23-13(22)9(17)6-25-5-8(12(21)15-3-10(18)19)16-11(20)7(14)4-24/h7-8,24H,2-6,14H2,1H3,(H,15,21)(H,16,20)(H,18,19). The van der Waals surface area contributed by atoms with Gasteiger partial charge < -0.3 is 26.2 Å². The molecule has 0 bridgehead atoms. The van der Waals surface area contributed by atoms with Crippen LogP contribution in [0.3, 0.4) is 0 Å². The van der Waals surface area contributed by atoms with Gasteiger partial charge in [0.2, 0.25) is 17.6 Å². The van der Waals surface area contributed by atoms with Crippen molar-refractivity contribution in [3.05, 3.63) is 0 Å². The largest absolute Gasteiger partial charge is 0.480 e. The number of ketones is 1. The Balaban J connectivity index is 4.69. The molecule has 10 nitrogen and oxygen atoms in total. The molecular weight excluding hydrogens is 374 g/mol. The van der Waals surface area contributed by atoms with E-state index in [1.54, 1.807) is 6.92 Å². The number of aliphatic carboxylic acids is 1. The van der Waals surface area contributed by atoms with Crippen molar-refractivity contribution in [1.82, 2.24) is 10.6 Å². The topological polar surface area (TPSA) is 165 Å². The Morgan fingerprint density at radius 3 is 2.40 bits per heavy atom. The van der Waals surface area contributed by atoms with Gasteiger partial charge in [-0.25, -0.2) is 4.79 Å². The van der Waals surface area contributed by atoms with Crippen molar-refractivity contribution in [2.24, 2.45) is 5.73 Å². The Hall–Kier alpha value is -1.79. The fourth-order valence-corrected chi connectivity index (χ4v) is 2.43. The number of nitrogens with two attached hydrogens (primary N) is 1. The second-order valence-electron chi connectivity index (χ2n) is 4.62. The van der Waals surface area contributed by atoms with Gasteiger partial charge in [-0.15, -0.1) is 0 Å². The number of Topliss-reactive ketones (excluding diaryl/α,β-unsaturated/α-hetero) is 1. The Bertz CT molecular complexity index is 516. The lowest BCUT2D eigenvalue weighted by Crippen LogP contribution is -2.53. The van der Waals surface area contributed by atoms with Crippen LogP contribution >= 0.6 is 24.4 Å². The van der Waals surface area contributed by atoms with Gasteiger partial charge in [0.1, 0.15) is 12.6 Å². The number of hydrogen-bond donors (Lipinski definition) is 5. The fourth-order valence-electron chi connectivity index (χ4n) is 1.37. The van der Waals surface area contributed by atoms with Crippen LogP contribution in [0.25, 0.3) is 0 Å². The quantitative estimate of drug-likeness (QED) is 0.140. The van der Waals surface area contributed by atoms with E-state index in [2.05, 4.69) is 28.0 Å². The molecule has 0 aliphatic carbocycles. The minimum absolute atomic E-state index is 0.0454. The number of esters is 1. The predicted octanol–water partition coefficient (Wildman–Crippen LogP) is -2.21. The molecule has 12 heteroatoms. The summed E-state index contributed by atoms with van der Waals surface area (Å²) in [6.45, 7) is 0.991. The van der Waals surface area contributed by atoms with Crippen molar-refractivity contribution in [3.8, 4) is 0 Å². The summed E-state index contributed by atoms with van der Waals surface area (Å²) in [4.78, 5) is 57.0. The van der Waals surface area contributed by atoms with E-state index in [9.17, 15) is 24.0 Å². The molecule has 2 amide bonds. The third-order valence-corrected chi connectivity index (χ3v) is 4.03. The maximum absolute atomic E-state index is 12.0. The Kier molecular flexibility index (Phi) is 11.7. The molecule has 0 aromatic carbocycles. The molecule has 5 N–H and O–H groups in total. The molecule has 0 radical (unpaired) electrons. The van der Waals surface area contributed by atoms with Crippen LogP contribution in [0.2, 0.25) is 0 Å². The van der Waals surface area contributed by atoms with E-state index in [0.717, 1.165) is 11.8 Å². The zero-order valence-corrected chi connectivity index (χ0v) is 15.2. The highest BCUT2D eigenvalue weighted by Crippen LogP contribution is 2.05. The van der Waals surface area contributed by atoms with E-state index >= 15 is 0 Å². The van der Waals surface area contributed by atoms with Crippen molar-refractivity contribution in [2.45, 2.75) is 19.0 Å². The average Bonchev–Trinajstić information content (AvgIpc) is 2.57. The van der Waals surface area contributed by atoms with Crippen LogP contribution in [-0.4, -0.2) is 77.1 Å². The van der Waals surface area contributed by atoms with Gasteiger partial charge in [-0.2, -0.15) is 24.4 Å². The van der Waals surface area contributed by atoms with Crippen molar-refractivity contribution < 1.29 is 33.8 Å². The van der Waals surface area contributed by atoms with Crippen molar-refractivity contribution in [2.75, 3.05) is 30.4 Å². The van der Waals surface area contributed by atoms with Crippen molar-refractivity contribution >= 4 is 53.9 Å². The van der Waals surface area contributed by atoms with Gasteiger partial charge in [-0.3, -0.25) is 19.2 Å². The van der Waals surface area contributed by atoms with Crippen LogP contribution in [0.1, 0.15) is 6.92 Å². The molecule has 0 rings (SSSR count). The number of amides is 2. The van der Waals surface area contributed by atoms with Crippen LogP contribution in [0.4, 0.5) is 0 Å². The van der Waals surface area contributed by atoms with E-state index in [4.69, 9.17) is 10.8 Å². The highest BCUT2D eigenvalue weighted by molar-refractivity contribution is 8.00. The first-order valence-electron chi connectivity index (χ1n) is 7.16. The number of hydrogen-bond acceptors (Lipinski definition) is 9. The summed E-state index contributed by atoms with van der Waals surface area (Å²) in [6, 6.07) is -2.08. The Morgan fingerprint density at radius 1 is 1.24 bits per heavy atom. The van der Waals surface area contributed by atoms with Gasteiger partial charge in [0.15, 0.2) is 0 Å². The molecule has 0 aromatic heterocycles. The molecule has 0 aliphatic rings. The monoisotopic (exact) mass is 395 g/mol. The van der Waals surface area contributed by atoms with E-state index in [1.165, 1.54) is 0 Å². The highest BCUT2D eigenvalue weighted by Gasteiger charge is 2.24. The first-order valence-corrected chi connectivity index (χ1v) is 8.95. The summed E-state index contributed by atoms with van der Waals surface area (Å²) in [7, 11) is 0. The lowest BCUT2D eigenvalue weighted by atomic mass is 10.2. The molecule has 0 spiro atoms. The van der Waals surface area contributed by atoms with Gasteiger partial charge in [0, 0.05) is 11.5 Å². The molecule has 0 aliphatic heterocycles. The summed E-state index contributed by atoms with van der Waals surface area (Å²) < 4.78 is 4.54. The summed E-state index contributed by atoms with van der Waals surface area (Å²) in [5.41, 5.74) is 5.50. The molecule has 0 heterocycles. The van der Waals surface area contributed by atoms with Crippen LogP contribution in [0, 0.1) is 0 Å². The number of thiol groups is 1. The van der Waals surface area contributed by atoms with Gasteiger partial charge in [0.25, 0.3) is 0 Å². The Labute approximate surface area is 154 Å². The SMILES string of the molecule is CCOC(=O)C(=O)CSCC(NC(=O)C(N)CS)C(=O)NCC(=O)O. The van der Waals surface area contributed by atoms with E-state index in [0.29, 0.717) is 0 Å². The summed E-state index contributed by atoms with van der Waals surface area (Å²) >= 11 is 4.79. The van der Waals surface area contributed by atoms with E-state index in [1.807, 2.05) is 0 Å². The normalized spacial score (nSPS) is 12.6. The molecule has 0 saturated heterocycles. The lowest BCUT2D eigenvalue weighted by Gasteiger charge is -2.19. The molecule has 2 unspecified atom stereocenters. The number of nitrogens with one attached hydrogen (secondary N) is 2. The second-order valence-corrected chi connectivity index (χ2v) is 6.02. The number of thioether (sulfide) groups is 1. The molecule has 25 heavy (non-hydrogen) atoms. The first kappa shape index (κ1) is 23.2. The minimum atomic E-state index is -1.25. The molecule has 2 atom stereocenters. The summed E-state index contributed by atoms with van der Waals surface area (Å²) in [5, 5.41) is 13.1. The zero-order valence-electron chi connectivity index (χ0n) is 13.5. The van der Waals surface area contributed by atoms with Gasteiger partial charge in [-0.05, 0) is 6.92 Å². The summed E-state index contributed by atoms with van der Waals surface area (Å²) in [5.74, 6) is -4.70. The predicted molar refractivity (Wildman–Crippen MR) is 93.4 cm³/mol. The molecule has 142 valence electrons. The molecule has 0 saturated carbocycles. The highest BCUT2D eigenvalue weighted by atomic mass is 32.2. The Morgan fingerprint density at radius 2 is 1.88 bits per heavy atom. The van der Waals surface area contributed by atoms with E-state index < -0.39 is 48.2 Å². The van der Waals surface area contributed by atoms with Crippen LogP contribution in [0.5, 0.6) is 0 Å². The maximum Gasteiger partial charge on any atom is 0.375 e. The zero-order chi connectivity index (χ0) is 19.4. The number of carbonyl (C=O) groups is 5. The lowest BCUT2D eigenvalue weighted by molar-refractivity contribution is -0.152. The van der Waals surface area contributed by atoms with Crippen LogP contribution in [0.15, 0.2) is 0 Å². The first-order chi connectivity index (χ1) is 11.7. The third kappa shape index (κ3) is 9.94. The fraction of sp³-hybridized carbons (Fsp3) is 0.615.